The number of Topliss-reactive ketones (excluding diaryl/α,β-unsaturated/α-hetero) is 1. The molecule has 1 aromatic carbocycles. The number of carbonyl (C=O) groups excluding carboxylic acids is 1. The fourth-order valence-electron chi connectivity index (χ4n) is 1.34. The average Bonchev–Trinajstić information content (AvgIpc) is 2.26. The van der Waals surface area contributed by atoms with Crippen LogP contribution in [0.2, 0.25) is 0 Å². The second-order valence-corrected chi connectivity index (χ2v) is 5.02. The summed E-state index contributed by atoms with van der Waals surface area (Å²) in [5.74, 6) is 0.949. The molecular formula is C15H20O2. The molecule has 0 saturated carbocycles. The van der Waals surface area contributed by atoms with Crippen molar-refractivity contribution in [2.24, 2.45) is 0 Å². The molecule has 0 fully saturated rings. The molecule has 2 heteroatoms. The van der Waals surface area contributed by atoms with E-state index >= 15 is 0 Å². The number of allylic oxidation sites excluding steroid dienone is 1. The van der Waals surface area contributed by atoms with Gasteiger partial charge in [-0.1, -0.05) is 12.1 Å². The fourth-order valence-corrected chi connectivity index (χ4v) is 1.34. The van der Waals surface area contributed by atoms with Crippen molar-refractivity contribution in [3.8, 4) is 5.75 Å². The van der Waals surface area contributed by atoms with Gasteiger partial charge in [0.1, 0.15) is 11.5 Å². The molecular weight excluding hydrogens is 212 g/mol. The third kappa shape index (κ3) is 3.45. The first-order valence-electron chi connectivity index (χ1n) is 5.75. The summed E-state index contributed by atoms with van der Waals surface area (Å²) >= 11 is 0. The fraction of sp³-hybridized carbons (Fsp3) is 0.400. The smallest absolute Gasteiger partial charge is 0.139 e. The highest BCUT2D eigenvalue weighted by Gasteiger charge is 2.25. The summed E-state index contributed by atoms with van der Waals surface area (Å²) in [5, 5.41) is 0. The van der Waals surface area contributed by atoms with Crippen molar-refractivity contribution in [1.29, 1.82) is 0 Å². The highest BCUT2D eigenvalue weighted by Crippen LogP contribution is 2.26. The van der Waals surface area contributed by atoms with Crippen LogP contribution in [0.3, 0.4) is 0 Å². The Morgan fingerprint density at radius 1 is 1.12 bits per heavy atom. The molecule has 0 heterocycles. The summed E-state index contributed by atoms with van der Waals surface area (Å²) in [4.78, 5) is 11.5. The molecule has 0 N–H and O–H groups in total. The third-order valence-electron chi connectivity index (χ3n) is 2.89. The molecule has 0 amide bonds. The van der Waals surface area contributed by atoms with E-state index < -0.39 is 5.41 Å². The zero-order chi connectivity index (χ0) is 13.1. The first-order valence-corrected chi connectivity index (χ1v) is 5.75. The van der Waals surface area contributed by atoms with E-state index in [2.05, 4.69) is 0 Å². The van der Waals surface area contributed by atoms with Gasteiger partial charge in [0.2, 0.25) is 0 Å². The van der Waals surface area contributed by atoms with Gasteiger partial charge in [-0.2, -0.15) is 0 Å². The number of ether oxygens (including phenoxy) is 1. The van der Waals surface area contributed by atoms with Crippen LogP contribution in [0, 0.1) is 0 Å². The Morgan fingerprint density at radius 3 is 2.06 bits per heavy atom. The molecule has 0 aliphatic carbocycles. The van der Waals surface area contributed by atoms with Crippen molar-refractivity contribution in [2.75, 3.05) is 0 Å². The van der Waals surface area contributed by atoms with Gasteiger partial charge in [-0.25, -0.2) is 0 Å². The van der Waals surface area contributed by atoms with E-state index in [0.717, 1.165) is 16.9 Å². The summed E-state index contributed by atoms with van der Waals surface area (Å²) in [7, 11) is 0. The second-order valence-electron chi connectivity index (χ2n) is 5.02. The van der Waals surface area contributed by atoms with E-state index in [0.29, 0.717) is 0 Å². The molecule has 1 rings (SSSR count). The van der Waals surface area contributed by atoms with Crippen molar-refractivity contribution in [1.82, 2.24) is 0 Å². The van der Waals surface area contributed by atoms with E-state index in [9.17, 15) is 4.79 Å². The lowest BCUT2D eigenvalue weighted by Crippen LogP contribution is -2.26. The van der Waals surface area contributed by atoms with Crippen LogP contribution in [0.1, 0.15) is 40.2 Å². The first kappa shape index (κ1) is 13.5. The summed E-state index contributed by atoms with van der Waals surface area (Å²) in [6, 6.07) is 7.66. The predicted molar refractivity (Wildman–Crippen MR) is 70.2 cm³/mol. The molecule has 1 aromatic rings. The Morgan fingerprint density at radius 2 is 1.65 bits per heavy atom. The Hall–Kier alpha value is -1.57. The van der Waals surface area contributed by atoms with Crippen LogP contribution >= 0.6 is 0 Å². The van der Waals surface area contributed by atoms with Crippen molar-refractivity contribution >= 4 is 5.78 Å². The van der Waals surface area contributed by atoms with E-state index in [-0.39, 0.29) is 5.78 Å². The normalized spacial score (nSPS) is 10.9. The number of rotatable bonds is 4. The summed E-state index contributed by atoms with van der Waals surface area (Å²) in [6.45, 7) is 9.44. The van der Waals surface area contributed by atoms with Crippen molar-refractivity contribution in [2.45, 2.75) is 40.0 Å². The quantitative estimate of drug-likeness (QED) is 0.737. The molecule has 0 atom stereocenters. The monoisotopic (exact) mass is 232 g/mol. The highest BCUT2D eigenvalue weighted by molar-refractivity contribution is 5.87. The van der Waals surface area contributed by atoms with Crippen LogP contribution in [0.15, 0.2) is 36.1 Å². The van der Waals surface area contributed by atoms with E-state index in [1.165, 1.54) is 0 Å². The molecule has 0 bridgehead atoms. The van der Waals surface area contributed by atoms with Crippen molar-refractivity contribution in [3.63, 3.8) is 0 Å². The SMILES string of the molecule is CC(=O)C(C)(C)c1ccc(OC=C(C)C)cc1. The average molecular weight is 232 g/mol. The maximum absolute atomic E-state index is 11.5. The van der Waals surface area contributed by atoms with Crippen molar-refractivity contribution in [3.05, 3.63) is 41.7 Å². The van der Waals surface area contributed by atoms with Gasteiger partial charge in [0.25, 0.3) is 0 Å². The lowest BCUT2D eigenvalue weighted by molar-refractivity contribution is -0.121. The maximum Gasteiger partial charge on any atom is 0.139 e. The van der Waals surface area contributed by atoms with Gasteiger partial charge in [-0.15, -0.1) is 0 Å². The molecule has 0 aliphatic rings. The topological polar surface area (TPSA) is 26.3 Å². The van der Waals surface area contributed by atoms with Crippen LogP contribution in [0.25, 0.3) is 0 Å². The van der Waals surface area contributed by atoms with Gasteiger partial charge in [-0.05, 0) is 57.9 Å². The summed E-state index contributed by atoms with van der Waals surface area (Å²) in [5.41, 5.74) is 1.68. The molecule has 0 aromatic heterocycles. The number of hydrogen-bond donors (Lipinski definition) is 0. The number of carbonyl (C=O) groups is 1. The minimum absolute atomic E-state index is 0.162. The lowest BCUT2D eigenvalue weighted by Gasteiger charge is -2.21. The molecule has 0 unspecified atom stereocenters. The third-order valence-corrected chi connectivity index (χ3v) is 2.89. The van der Waals surface area contributed by atoms with Gasteiger partial charge in [0.15, 0.2) is 0 Å². The van der Waals surface area contributed by atoms with Crippen LogP contribution in [0.4, 0.5) is 0 Å². The van der Waals surface area contributed by atoms with E-state index in [4.69, 9.17) is 4.74 Å². The zero-order valence-corrected chi connectivity index (χ0v) is 11.2. The predicted octanol–water partition coefficient (Wildman–Crippen LogP) is 3.86. The van der Waals surface area contributed by atoms with Gasteiger partial charge >= 0.3 is 0 Å². The Labute approximate surface area is 103 Å². The Kier molecular flexibility index (Phi) is 4.11. The highest BCUT2D eigenvalue weighted by atomic mass is 16.5. The molecule has 0 saturated heterocycles. The van der Waals surface area contributed by atoms with Gasteiger partial charge in [0.05, 0.1) is 6.26 Å². The second kappa shape index (κ2) is 5.17. The van der Waals surface area contributed by atoms with Crippen LogP contribution in [-0.2, 0) is 10.2 Å². The van der Waals surface area contributed by atoms with Gasteiger partial charge in [0, 0.05) is 5.41 Å². The largest absolute Gasteiger partial charge is 0.465 e. The van der Waals surface area contributed by atoms with Gasteiger partial charge in [-0.3, -0.25) is 4.79 Å². The Bertz CT molecular complexity index is 421. The molecule has 2 nitrogen and oxygen atoms in total. The first-order chi connectivity index (χ1) is 7.84. The molecule has 0 aliphatic heterocycles. The molecule has 92 valence electrons. The molecule has 0 radical (unpaired) electrons. The minimum atomic E-state index is -0.435. The Balaban J connectivity index is 2.89. The minimum Gasteiger partial charge on any atom is -0.465 e. The van der Waals surface area contributed by atoms with Gasteiger partial charge < -0.3 is 4.74 Å². The number of hydrogen-bond acceptors (Lipinski definition) is 2. The lowest BCUT2D eigenvalue weighted by atomic mass is 9.81. The van der Waals surface area contributed by atoms with Crippen molar-refractivity contribution < 1.29 is 9.53 Å². The number of ketones is 1. The zero-order valence-electron chi connectivity index (χ0n) is 11.2. The van der Waals surface area contributed by atoms with Crippen LogP contribution in [0.5, 0.6) is 5.75 Å². The van der Waals surface area contributed by atoms with E-state index in [1.807, 2.05) is 52.0 Å². The van der Waals surface area contributed by atoms with Crippen LogP contribution in [-0.4, -0.2) is 5.78 Å². The number of benzene rings is 1. The molecule has 17 heavy (non-hydrogen) atoms. The molecule has 0 spiro atoms. The standard InChI is InChI=1S/C15H20O2/c1-11(2)10-17-14-8-6-13(7-9-14)15(4,5)12(3)16/h6-10H,1-5H3. The summed E-state index contributed by atoms with van der Waals surface area (Å²) in [6.07, 6.45) is 1.71. The van der Waals surface area contributed by atoms with E-state index in [1.54, 1.807) is 13.2 Å². The maximum atomic E-state index is 11.5. The summed E-state index contributed by atoms with van der Waals surface area (Å²) < 4.78 is 5.45. The van der Waals surface area contributed by atoms with Crippen LogP contribution < -0.4 is 4.74 Å².